The van der Waals surface area contributed by atoms with Gasteiger partial charge in [0.2, 0.25) is 11.0 Å². The lowest BCUT2D eigenvalue weighted by atomic mass is 9.98. The van der Waals surface area contributed by atoms with Crippen molar-refractivity contribution in [3.8, 4) is 0 Å². The number of hydrogen-bond donors (Lipinski definition) is 2. The van der Waals surface area contributed by atoms with E-state index in [4.69, 9.17) is 0 Å². The van der Waals surface area contributed by atoms with E-state index >= 15 is 0 Å². The number of piperidine rings is 1. The molecule has 1 unspecified atom stereocenters. The van der Waals surface area contributed by atoms with E-state index in [0.29, 0.717) is 23.3 Å². The van der Waals surface area contributed by atoms with Crippen LogP contribution in [0, 0.1) is 6.92 Å². The number of amides is 1. The minimum absolute atomic E-state index is 0.00345. The van der Waals surface area contributed by atoms with Gasteiger partial charge in [-0.3, -0.25) is 4.79 Å². The van der Waals surface area contributed by atoms with E-state index < -0.39 is 0 Å². The van der Waals surface area contributed by atoms with E-state index in [1.54, 1.807) is 12.6 Å². The number of nitrogens with one attached hydrogen (secondary N) is 2. The van der Waals surface area contributed by atoms with Gasteiger partial charge < -0.3 is 15.5 Å². The maximum absolute atomic E-state index is 12.4. The number of likely N-dealkylation sites (tertiary alicyclic amines) is 1. The largest absolute Gasteiger partial charge is 0.333 e. The second-order valence-electron chi connectivity index (χ2n) is 5.72. The van der Waals surface area contributed by atoms with E-state index in [2.05, 4.69) is 30.8 Å². The standard InChI is InChI=1S/C15H21N7OS/c1-10-18-11(7-13(19-10)20-15-21-17-9-24-15)12-5-3-4-6-22(12)14(23)8-16-2/h7,9,12,16H,3-6,8H2,1-2H3,(H,18,19,20,21). The SMILES string of the molecule is CNCC(=O)N1CCCCC1c1cc(Nc2nncs2)nc(C)n1. The number of likely N-dealkylation sites (N-methyl/N-ethyl adjacent to an activating group) is 1. The van der Waals surface area contributed by atoms with E-state index in [1.165, 1.54) is 11.3 Å². The number of carbonyl (C=O) groups excluding carboxylic acids is 1. The topological polar surface area (TPSA) is 95.9 Å². The predicted molar refractivity (Wildman–Crippen MR) is 92.2 cm³/mol. The molecule has 24 heavy (non-hydrogen) atoms. The molecule has 1 amide bonds. The summed E-state index contributed by atoms with van der Waals surface area (Å²) in [6, 6.07) is 1.90. The summed E-state index contributed by atoms with van der Waals surface area (Å²) in [6.45, 7) is 2.97. The maximum atomic E-state index is 12.4. The van der Waals surface area contributed by atoms with Crippen molar-refractivity contribution in [1.29, 1.82) is 0 Å². The van der Waals surface area contributed by atoms with Crippen molar-refractivity contribution < 1.29 is 4.79 Å². The molecule has 3 rings (SSSR count). The van der Waals surface area contributed by atoms with Crippen LogP contribution in [0.25, 0.3) is 0 Å². The summed E-state index contributed by atoms with van der Waals surface area (Å²) >= 11 is 1.41. The van der Waals surface area contributed by atoms with Crippen LogP contribution in [0.3, 0.4) is 0 Å². The zero-order valence-electron chi connectivity index (χ0n) is 13.8. The number of hydrogen-bond acceptors (Lipinski definition) is 8. The number of carbonyl (C=O) groups is 1. The van der Waals surface area contributed by atoms with Gasteiger partial charge in [0.15, 0.2) is 0 Å². The first kappa shape index (κ1) is 16.7. The molecule has 2 aromatic heterocycles. The number of aromatic nitrogens is 4. The molecule has 1 atom stereocenters. The normalized spacial score (nSPS) is 17.8. The molecule has 128 valence electrons. The summed E-state index contributed by atoms with van der Waals surface area (Å²) in [7, 11) is 1.79. The molecular weight excluding hydrogens is 326 g/mol. The highest BCUT2D eigenvalue weighted by molar-refractivity contribution is 7.13. The van der Waals surface area contributed by atoms with Gasteiger partial charge in [0.1, 0.15) is 17.2 Å². The smallest absolute Gasteiger partial charge is 0.237 e. The van der Waals surface area contributed by atoms with E-state index in [0.717, 1.165) is 31.5 Å². The van der Waals surface area contributed by atoms with Gasteiger partial charge >= 0.3 is 0 Å². The Balaban J connectivity index is 1.86. The highest BCUT2D eigenvalue weighted by Gasteiger charge is 2.29. The molecule has 1 saturated heterocycles. The molecule has 0 bridgehead atoms. The molecular formula is C15H21N7OS. The van der Waals surface area contributed by atoms with Gasteiger partial charge in [0, 0.05) is 12.6 Å². The maximum Gasteiger partial charge on any atom is 0.237 e. The van der Waals surface area contributed by atoms with Crippen LogP contribution in [-0.2, 0) is 4.79 Å². The van der Waals surface area contributed by atoms with Gasteiger partial charge in [-0.2, -0.15) is 0 Å². The Hall–Kier alpha value is -2.13. The minimum atomic E-state index is -0.00345. The zero-order valence-corrected chi connectivity index (χ0v) is 14.6. The summed E-state index contributed by atoms with van der Waals surface area (Å²) in [5.74, 6) is 1.46. The Labute approximate surface area is 144 Å². The van der Waals surface area contributed by atoms with E-state index in [-0.39, 0.29) is 11.9 Å². The van der Waals surface area contributed by atoms with Crippen LogP contribution >= 0.6 is 11.3 Å². The average Bonchev–Trinajstić information content (AvgIpc) is 3.07. The molecule has 0 spiro atoms. The van der Waals surface area contributed by atoms with Crippen molar-refractivity contribution in [2.75, 3.05) is 25.5 Å². The molecule has 9 heteroatoms. The van der Waals surface area contributed by atoms with Gasteiger partial charge in [-0.25, -0.2) is 9.97 Å². The summed E-state index contributed by atoms with van der Waals surface area (Å²) in [5.41, 5.74) is 2.54. The van der Waals surface area contributed by atoms with Crippen LogP contribution in [0.2, 0.25) is 0 Å². The highest BCUT2D eigenvalue weighted by atomic mass is 32.1. The monoisotopic (exact) mass is 347 g/mol. The van der Waals surface area contributed by atoms with Gasteiger partial charge in [-0.05, 0) is 33.2 Å². The molecule has 0 aliphatic carbocycles. The van der Waals surface area contributed by atoms with Gasteiger partial charge in [0.25, 0.3) is 0 Å². The number of aryl methyl sites for hydroxylation is 1. The van der Waals surface area contributed by atoms with Crippen LogP contribution in [0.1, 0.15) is 36.8 Å². The third kappa shape index (κ3) is 3.85. The van der Waals surface area contributed by atoms with E-state index in [1.807, 2.05) is 17.9 Å². The van der Waals surface area contributed by atoms with Crippen molar-refractivity contribution in [1.82, 2.24) is 30.4 Å². The molecule has 0 saturated carbocycles. The summed E-state index contributed by atoms with van der Waals surface area (Å²) in [5, 5.41) is 14.6. The predicted octanol–water partition coefficient (Wildman–Crippen LogP) is 1.65. The van der Waals surface area contributed by atoms with Crippen molar-refractivity contribution >= 4 is 28.2 Å². The summed E-state index contributed by atoms with van der Waals surface area (Å²) in [4.78, 5) is 23.3. The molecule has 1 aliphatic heterocycles. The Morgan fingerprint density at radius 2 is 2.29 bits per heavy atom. The first-order chi connectivity index (χ1) is 11.7. The quantitative estimate of drug-likeness (QED) is 0.849. The van der Waals surface area contributed by atoms with Crippen molar-refractivity contribution in [2.45, 2.75) is 32.2 Å². The van der Waals surface area contributed by atoms with Crippen molar-refractivity contribution in [3.05, 3.63) is 23.1 Å². The minimum Gasteiger partial charge on any atom is -0.333 e. The lowest BCUT2D eigenvalue weighted by Gasteiger charge is -2.35. The lowest BCUT2D eigenvalue weighted by molar-refractivity contribution is -0.134. The molecule has 0 radical (unpaired) electrons. The Bertz CT molecular complexity index is 691. The second-order valence-corrected chi connectivity index (χ2v) is 6.56. The number of rotatable bonds is 5. The number of anilines is 2. The highest BCUT2D eigenvalue weighted by Crippen LogP contribution is 2.31. The van der Waals surface area contributed by atoms with Crippen LogP contribution < -0.4 is 10.6 Å². The molecule has 8 nitrogen and oxygen atoms in total. The average molecular weight is 347 g/mol. The van der Waals surface area contributed by atoms with Crippen molar-refractivity contribution in [3.63, 3.8) is 0 Å². The summed E-state index contributed by atoms with van der Waals surface area (Å²) < 4.78 is 0. The fourth-order valence-electron chi connectivity index (χ4n) is 2.95. The van der Waals surface area contributed by atoms with E-state index in [9.17, 15) is 4.79 Å². The Kier molecular flexibility index (Phi) is 5.31. The molecule has 3 heterocycles. The third-order valence-corrected chi connectivity index (χ3v) is 4.55. The van der Waals surface area contributed by atoms with Gasteiger partial charge in [-0.1, -0.05) is 11.3 Å². The molecule has 1 fully saturated rings. The van der Waals surface area contributed by atoms with Crippen LogP contribution in [0.5, 0.6) is 0 Å². The van der Waals surface area contributed by atoms with Crippen molar-refractivity contribution in [2.24, 2.45) is 0 Å². The van der Waals surface area contributed by atoms with Crippen LogP contribution in [-0.4, -0.2) is 51.1 Å². The Morgan fingerprint density at radius 3 is 3.04 bits per heavy atom. The molecule has 1 aliphatic rings. The first-order valence-electron chi connectivity index (χ1n) is 8.00. The fourth-order valence-corrected chi connectivity index (χ4v) is 3.40. The Morgan fingerprint density at radius 1 is 1.42 bits per heavy atom. The van der Waals surface area contributed by atoms with Gasteiger partial charge in [-0.15, -0.1) is 10.2 Å². The number of nitrogens with zero attached hydrogens (tertiary/aromatic N) is 5. The van der Waals surface area contributed by atoms with Crippen LogP contribution in [0.15, 0.2) is 11.6 Å². The molecule has 2 aromatic rings. The lowest BCUT2D eigenvalue weighted by Crippen LogP contribution is -2.42. The fraction of sp³-hybridized carbons (Fsp3) is 0.533. The molecule has 0 aromatic carbocycles. The van der Waals surface area contributed by atoms with Gasteiger partial charge in [0.05, 0.1) is 18.3 Å². The third-order valence-electron chi connectivity index (χ3n) is 3.95. The molecule has 2 N–H and O–H groups in total. The second kappa shape index (κ2) is 7.63. The zero-order chi connectivity index (χ0) is 16.9. The summed E-state index contributed by atoms with van der Waals surface area (Å²) in [6.07, 6.45) is 3.05. The first-order valence-corrected chi connectivity index (χ1v) is 8.88. The van der Waals surface area contributed by atoms with Crippen LogP contribution in [0.4, 0.5) is 10.9 Å².